The van der Waals surface area contributed by atoms with Crippen molar-refractivity contribution in [3.8, 4) is 11.5 Å². The van der Waals surface area contributed by atoms with Crippen LogP contribution < -0.4 is 31.2 Å². The molecule has 0 aliphatic carbocycles. The predicted molar refractivity (Wildman–Crippen MR) is 134 cm³/mol. The monoisotopic (exact) mass is 501 g/mol. The van der Waals surface area contributed by atoms with Gasteiger partial charge in [-0.05, 0) is 29.8 Å². The summed E-state index contributed by atoms with van der Waals surface area (Å²) in [4.78, 5) is 13.5. The molecule has 0 unspecified atom stereocenters. The fourth-order valence-corrected chi connectivity index (χ4v) is 3.24. The maximum Gasteiger partial charge on any atom is 0.233 e. The van der Waals surface area contributed by atoms with Crippen molar-refractivity contribution >= 4 is 35.1 Å². The molecule has 4 rings (SSSR count). The van der Waals surface area contributed by atoms with Gasteiger partial charge in [-0.25, -0.2) is 0 Å². The summed E-state index contributed by atoms with van der Waals surface area (Å²) in [5.74, 6) is 2.56. The molecule has 11 nitrogen and oxygen atoms in total. The molecular formula is C23H28ClN7O4. The molecule has 1 aliphatic heterocycles. The van der Waals surface area contributed by atoms with Crippen molar-refractivity contribution < 1.29 is 18.9 Å². The first kappa shape index (κ1) is 24.7. The Morgan fingerprint density at radius 3 is 2.34 bits per heavy atom. The molecule has 0 saturated heterocycles. The van der Waals surface area contributed by atoms with Gasteiger partial charge in [0.25, 0.3) is 0 Å². The van der Waals surface area contributed by atoms with E-state index in [1.807, 2.05) is 42.5 Å². The second-order valence-electron chi connectivity index (χ2n) is 7.42. The van der Waals surface area contributed by atoms with Gasteiger partial charge in [0.1, 0.15) is 0 Å². The van der Waals surface area contributed by atoms with Gasteiger partial charge in [-0.15, -0.1) is 0 Å². The van der Waals surface area contributed by atoms with Crippen molar-refractivity contribution in [2.75, 3.05) is 62.3 Å². The van der Waals surface area contributed by atoms with Crippen LogP contribution in [0.3, 0.4) is 0 Å². The van der Waals surface area contributed by atoms with Crippen LogP contribution in [-0.2, 0) is 16.0 Å². The molecule has 2 heterocycles. The summed E-state index contributed by atoms with van der Waals surface area (Å²) in [6.07, 6.45) is 0. The number of ether oxygens (including phenoxy) is 4. The first-order valence-electron chi connectivity index (χ1n) is 11.2. The standard InChI is InChI=1S/C23H28ClN7O4/c24-17-3-1-16(2-4-17)14-27-22-29-21(26-8-10-33-12-11-32-9-7-25)30-23(31-22)28-18-5-6-19-20(13-18)35-15-34-19/h1-6,13H,7-12,14-15,25H2,(H3,26,27,28,29,30,31). The van der Waals surface area contributed by atoms with E-state index in [0.29, 0.717) is 80.4 Å². The van der Waals surface area contributed by atoms with Crippen molar-refractivity contribution in [1.82, 2.24) is 15.0 Å². The number of hydrogen-bond donors (Lipinski definition) is 4. The van der Waals surface area contributed by atoms with Gasteiger partial charge in [0.15, 0.2) is 11.5 Å². The second-order valence-corrected chi connectivity index (χ2v) is 7.86. The molecule has 186 valence electrons. The average Bonchev–Trinajstić information content (AvgIpc) is 3.33. The molecule has 5 N–H and O–H groups in total. The minimum Gasteiger partial charge on any atom is -0.454 e. The summed E-state index contributed by atoms with van der Waals surface area (Å²) in [6.45, 7) is 3.73. The molecule has 0 radical (unpaired) electrons. The fourth-order valence-electron chi connectivity index (χ4n) is 3.12. The quantitative estimate of drug-likeness (QED) is 0.242. The Kier molecular flexibility index (Phi) is 9.12. The van der Waals surface area contributed by atoms with Crippen LogP contribution in [0.5, 0.6) is 11.5 Å². The highest BCUT2D eigenvalue weighted by Gasteiger charge is 2.14. The highest BCUT2D eigenvalue weighted by atomic mass is 35.5. The number of anilines is 4. The van der Waals surface area contributed by atoms with Crippen LogP contribution in [0.25, 0.3) is 0 Å². The molecule has 12 heteroatoms. The van der Waals surface area contributed by atoms with E-state index in [1.165, 1.54) is 0 Å². The molecule has 0 bridgehead atoms. The van der Waals surface area contributed by atoms with E-state index < -0.39 is 0 Å². The number of halogens is 1. The molecule has 1 aromatic heterocycles. The number of nitrogens with one attached hydrogen (secondary N) is 3. The number of aromatic nitrogens is 3. The lowest BCUT2D eigenvalue weighted by molar-refractivity contribution is 0.0547. The topological polar surface area (TPSA) is 138 Å². The minimum atomic E-state index is 0.207. The summed E-state index contributed by atoms with van der Waals surface area (Å²) in [7, 11) is 0. The average molecular weight is 502 g/mol. The van der Waals surface area contributed by atoms with Crippen LogP contribution in [0.4, 0.5) is 23.5 Å². The molecule has 0 saturated carbocycles. The predicted octanol–water partition coefficient (Wildman–Crippen LogP) is 3.01. The van der Waals surface area contributed by atoms with Gasteiger partial charge >= 0.3 is 0 Å². The number of nitrogens with two attached hydrogens (primary N) is 1. The van der Waals surface area contributed by atoms with Gasteiger partial charge in [-0.3, -0.25) is 0 Å². The first-order chi connectivity index (χ1) is 17.2. The van der Waals surface area contributed by atoms with Crippen molar-refractivity contribution in [2.45, 2.75) is 6.54 Å². The summed E-state index contributed by atoms with van der Waals surface area (Å²) in [6, 6.07) is 13.1. The number of nitrogens with zero attached hydrogens (tertiary/aromatic N) is 3. The zero-order chi connectivity index (χ0) is 24.3. The molecule has 0 atom stereocenters. The summed E-state index contributed by atoms with van der Waals surface area (Å²) >= 11 is 5.98. The number of rotatable bonds is 14. The summed E-state index contributed by atoms with van der Waals surface area (Å²) in [5.41, 5.74) is 7.19. The van der Waals surface area contributed by atoms with E-state index >= 15 is 0 Å². The Labute approximate surface area is 208 Å². The Balaban J connectivity index is 1.39. The summed E-state index contributed by atoms with van der Waals surface area (Å²) < 4.78 is 21.7. The molecule has 0 spiro atoms. The lowest BCUT2D eigenvalue weighted by Crippen LogP contribution is -2.17. The third kappa shape index (κ3) is 7.82. The van der Waals surface area contributed by atoms with E-state index in [4.69, 9.17) is 36.3 Å². The van der Waals surface area contributed by atoms with Crippen LogP contribution in [0.1, 0.15) is 5.56 Å². The van der Waals surface area contributed by atoms with Crippen LogP contribution >= 0.6 is 11.6 Å². The Hall–Kier alpha value is -3.38. The molecular weight excluding hydrogens is 474 g/mol. The molecule has 0 fully saturated rings. The van der Waals surface area contributed by atoms with Crippen molar-refractivity contribution in [3.05, 3.63) is 53.1 Å². The van der Waals surface area contributed by atoms with Gasteiger partial charge in [0.2, 0.25) is 24.6 Å². The molecule has 35 heavy (non-hydrogen) atoms. The number of hydrogen-bond acceptors (Lipinski definition) is 11. The molecule has 2 aromatic carbocycles. The Morgan fingerprint density at radius 1 is 0.829 bits per heavy atom. The van der Waals surface area contributed by atoms with Gasteiger partial charge in [0, 0.05) is 36.4 Å². The van der Waals surface area contributed by atoms with E-state index in [9.17, 15) is 0 Å². The summed E-state index contributed by atoms with van der Waals surface area (Å²) in [5, 5.41) is 10.3. The van der Waals surface area contributed by atoms with Gasteiger partial charge in [-0.1, -0.05) is 23.7 Å². The molecule has 0 amide bonds. The number of benzene rings is 2. The van der Waals surface area contributed by atoms with Crippen LogP contribution in [0.15, 0.2) is 42.5 Å². The van der Waals surface area contributed by atoms with E-state index in [0.717, 1.165) is 11.3 Å². The number of fused-ring (bicyclic) bond motifs is 1. The van der Waals surface area contributed by atoms with Crippen LogP contribution in [0.2, 0.25) is 5.02 Å². The maximum atomic E-state index is 5.98. The third-order valence-electron chi connectivity index (χ3n) is 4.79. The van der Waals surface area contributed by atoms with Gasteiger partial charge in [-0.2, -0.15) is 15.0 Å². The normalized spacial score (nSPS) is 11.9. The lowest BCUT2D eigenvalue weighted by atomic mass is 10.2. The van der Waals surface area contributed by atoms with Crippen molar-refractivity contribution in [1.29, 1.82) is 0 Å². The van der Waals surface area contributed by atoms with E-state index in [1.54, 1.807) is 0 Å². The largest absolute Gasteiger partial charge is 0.454 e. The SMILES string of the molecule is NCCOCCOCCNc1nc(NCc2ccc(Cl)cc2)nc(Nc2ccc3c(c2)OCO3)n1. The fraction of sp³-hybridized carbons (Fsp3) is 0.348. The highest BCUT2D eigenvalue weighted by Crippen LogP contribution is 2.34. The van der Waals surface area contributed by atoms with Crippen LogP contribution in [0, 0.1) is 0 Å². The minimum absolute atomic E-state index is 0.207. The third-order valence-corrected chi connectivity index (χ3v) is 5.04. The first-order valence-corrected chi connectivity index (χ1v) is 11.6. The van der Waals surface area contributed by atoms with E-state index in [2.05, 4.69) is 30.9 Å². The zero-order valence-electron chi connectivity index (χ0n) is 19.1. The highest BCUT2D eigenvalue weighted by molar-refractivity contribution is 6.30. The Morgan fingerprint density at radius 2 is 1.54 bits per heavy atom. The lowest BCUT2D eigenvalue weighted by Gasteiger charge is -2.12. The van der Waals surface area contributed by atoms with Crippen molar-refractivity contribution in [3.63, 3.8) is 0 Å². The van der Waals surface area contributed by atoms with Gasteiger partial charge < -0.3 is 40.6 Å². The second kappa shape index (κ2) is 12.9. The Bertz CT molecular complexity index is 1090. The van der Waals surface area contributed by atoms with E-state index in [-0.39, 0.29) is 6.79 Å². The smallest absolute Gasteiger partial charge is 0.233 e. The van der Waals surface area contributed by atoms with Crippen LogP contribution in [-0.4, -0.2) is 61.3 Å². The molecule has 3 aromatic rings. The molecule has 1 aliphatic rings. The van der Waals surface area contributed by atoms with Crippen molar-refractivity contribution in [2.24, 2.45) is 5.73 Å². The van der Waals surface area contributed by atoms with Gasteiger partial charge in [0.05, 0.1) is 26.4 Å². The zero-order valence-corrected chi connectivity index (χ0v) is 19.9. The maximum absolute atomic E-state index is 5.98.